The molecule has 2 aromatic carbocycles. The number of nitrogens with one attached hydrogen (secondary N) is 3. The van der Waals surface area contributed by atoms with E-state index in [2.05, 4.69) is 35.0 Å². The summed E-state index contributed by atoms with van der Waals surface area (Å²) in [5.41, 5.74) is 3.17. The number of carbonyl (C=O) groups is 2. The van der Waals surface area contributed by atoms with Gasteiger partial charge in [0.1, 0.15) is 0 Å². The molecule has 0 aliphatic rings. The molecule has 0 aromatic heterocycles. The van der Waals surface area contributed by atoms with E-state index in [1.54, 1.807) is 24.3 Å². The van der Waals surface area contributed by atoms with Crippen LogP contribution in [0.4, 0.5) is 11.4 Å². The zero-order valence-corrected chi connectivity index (χ0v) is 16.3. The van der Waals surface area contributed by atoms with E-state index in [4.69, 9.17) is 0 Å². The summed E-state index contributed by atoms with van der Waals surface area (Å²) < 4.78 is 0. The van der Waals surface area contributed by atoms with E-state index in [0.29, 0.717) is 23.7 Å². The number of aryl methyl sites for hydroxylation is 1. The molecule has 0 saturated heterocycles. The molecule has 0 atom stereocenters. The first kappa shape index (κ1) is 20.5. The number of benzene rings is 2. The highest BCUT2D eigenvalue weighted by Crippen LogP contribution is 2.15. The maximum Gasteiger partial charge on any atom is 0.253 e. The lowest BCUT2D eigenvalue weighted by molar-refractivity contribution is -0.114. The Morgan fingerprint density at radius 3 is 2.37 bits per heavy atom. The summed E-state index contributed by atoms with van der Waals surface area (Å²) in [5.74, 6) is -0.0144. The molecule has 2 aromatic rings. The fraction of sp³-hybridized carbons (Fsp3) is 0.364. The Labute approximate surface area is 161 Å². The van der Waals surface area contributed by atoms with Gasteiger partial charge in [0.25, 0.3) is 5.91 Å². The molecule has 0 bridgehead atoms. The van der Waals surface area contributed by atoms with E-state index in [1.807, 2.05) is 26.0 Å². The lowest BCUT2D eigenvalue weighted by Crippen LogP contribution is -2.29. The third-order valence-electron chi connectivity index (χ3n) is 4.06. The van der Waals surface area contributed by atoms with Crippen molar-refractivity contribution in [3.05, 3.63) is 59.7 Å². The number of amides is 2. The summed E-state index contributed by atoms with van der Waals surface area (Å²) in [6.45, 7) is 6.95. The number of rotatable bonds is 9. The summed E-state index contributed by atoms with van der Waals surface area (Å²) in [6.07, 6.45) is 2.16. The first-order valence-electron chi connectivity index (χ1n) is 9.49. The van der Waals surface area contributed by atoms with Gasteiger partial charge < -0.3 is 16.0 Å². The molecule has 27 heavy (non-hydrogen) atoms. The highest BCUT2D eigenvalue weighted by Gasteiger charge is 2.13. The van der Waals surface area contributed by atoms with Crippen molar-refractivity contribution in [1.29, 1.82) is 0 Å². The molecule has 2 rings (SSSR count). The molecular weight excluding hydrogens is 338 g/mol. The third-order valence-corrected chi connectivity index (χ3v) is 4.06. The van der Waals surface area contributed by atoms with Gasteiger partial charge in [-0.25, -0.2) is 0 Å². The molecule has 3 N–H and O–H groups in total. The summed E-state index contributed by atoms with van der Waals surface area (Å²) in [6, 6.07) is 15.1. The minimum atomic E-state index is -0.197. The zero-order valence-electron chi connectivity index (χ0n) is 16.3. The molecule has 0 saturated carbocycles. The number of para-hydroxylation sites is 1. The van der Waals surface area contributed by atoms with Crippen LogP contribution in [0.5, 0.6) is 0 Å². The van der Waals surface area contributed by atoms with E-state index in [0.717, 1.165) is 18.5 Å². The van der Waals surface area contributed by atoms with Gasteiger partial charge in [-0.2, -0.15) is 0 Å². The predicted molar refractivity (Wildman–Crippen MR) is 111 cm³/mol. The van der Waals surface area contributed by atoms with Crippen LogP contribution >= 0.6 is 0 Å². The molecule has 5 nitrogen and oxygen atoms in total. The molecule has 0 aliphatic carbocycles. The van der Waals surface area contributed by atoms with Crippen LogP contribution in [0.1, 0.15) is 43.1 Å². The maximum absolute atomic E-state index is 12.3. The second-order valence-corrected chi connectivity index (χ2v) is 7.00. The zero-order chi connectivity index (χ0) is 19.6. The fourth-order valence-electron chi connectivity index (χ4n) is 2.64. The van der Waals surface area contributed by atoms with Crippen LogP contribution in [0.2, 0.25) is 0 Å². The molecule has 0 radical (unpaired) electrons. The number of hydrogen-bond donors (Lipinski definition) is 3. The van der Waals surface area contributed by atoms with Gasteiger partial charge in [0, 0.05) is 12.2 Å². The van der Waals surface area contributed by atoms with Crippen molar-refractivity contribution in [1.82, 2.24) is 5.32 Å². The highest BCUT2D eigenvalue weighted by atomic mass is 16.2. The Morgan fingerprint density at radius 1 is 1.00 bits per heavy atom. The second-order valence-electron chi connectivity index (χ2n) is 7.00. The van der Waals surface area contributed by atoms with Crippen LogP contribution in [0.3, 0.4) is 0 Å². The van der Waals surface area contributed by atoms with Crippen LogP contribution in [0, 0.1) is 5.92 Å². The van der Waals surface area contributed by atoms with E-state index < -0.39 is 0 Å². The molecule has 0 spiro atoms. The van der Waals surface area contributed by atoms with Crippen molar-refractivity contribution < 1.29 is 9.59 Å². The molecule has 144 valence electrons. The van der Waals surface area contributed by atoms with Gasteiger partial charge in [-0.05, 0) is 42.2 Å². The van der Waals surface area contributed by atoms with Gasteiger partial charge in [0.15, 0.2) is 0 Å². The van der Waals surface area contributed by atoms with Crippen LogP contribution in [-0.4, -0.2) is 24.9 Å². The third kappa shape index (κ3) is 6.77. The lowest BCUT2D eigenvalue weighted by atomic mass is 10.1. The standard InChI is InChI=1S/C22H29N3O2/c1-4-7-17-10-12-18(13-11-17)23-15-21(26)25-20-9-6-5-8-19(20)22(27)24-14-16(2)3/h5-6,8-13,16,23H,4,7,14-15H2,1-3H3,(H,24,27)(H,25,26). The van der Waals surface area contributed by atoms with Gasteiger partial charge in [0.2, 0.25) is 5.91 Å². The Kier molecular flexibility index (Phi) is 7.86. The molecule has 5 heteroatoms. The van der Waals surface area contributed by atoms with Crippen LogP contribution < -0.4 is 16.0 Å². The molecule has 0 aliphatic heterocycles. The second kappa shape index (κ2) is 10.4. The van der Waals surface area contributed by atoms with Crippen molar-refractivity contribution >= 4 is 23.2 Å². The normalized spacial score (nSPS) is 10.5. The van der Waals surface area contributed by atoms with Crippen molar-refractivity contribution in [2.75, 3.05) is 23.7 Å². The number of hydrogen-bond acceptors (Lipinski definition) is 3. The van der Waals surface area contributed by atoms with Crippen LogP contribution in [0.15, 0.2) is 48.5 Å². The fourth-order valence-corrected chi connectivity index (χ4v) is 2.64. The average Bonchev–Trinajstić information content (AvgIpc) is 2.66. The smallest absolute Gasteiger partial charge is 0.253 e. The van der Waals surface area contributed by atoms with Crippen molar-refractivity contribution in [2.24, 2.45) is 5.92 Å². The van der Waals surface area contributed by atoms with E-state index in [-0.39, 0.29) is 18.4 Å². The topological polar surface area (TPSA) is 70.2 Å². The quantitative estimate of drug-likeness (QED) is 0.625. The predicted octanol–water partition coefficient (Wildman–Crippen LogP) is 4.08. The van der Waals surface area contributed by atoms with Gasteiger partial charge >= 0.3 is 0 Å². The minimum Gasteiger partial charge on any atom is -0.376 e. The van der Waals surface area contributed by atoms with Gasteiger partial charge in [0.05, 0.1) is 17.8 Å². The maximum atomic E-state index is 12.3. The number of anilines is 2. The van der Waals surface area contributed by atoms with E-state index in [9.17, 15) is 9.59 Å². The molecule has 0 fully saturated rings. The van der Waals surface area contributed by atoms with Gasteiger partial charge in [-0.1, -0.05) is 51.5 Å². The Bertz CT molecular complexity index is 754. The van der Waals surface area contributed by atoms with E-state index in [1.165, 1.54) is 5.56 Å². The van der Waals surface area contributed by atoms with Gasteiger partial charge in [-0.15, -0.1) is 0 Å². The molecule has 2 amide bonds. The average molecular weight is 367 g/mol. The van der Waals surface area contributed by atoms with Crippen LogP contribution in [0.25, 0.3) is 0 Å². The highest BCUT2D eigenvalue weighted by molar-refractivity contribution is 6.04. The lowest BCUT2D eigenvalue weighted by Gasteiger charge is -2.13. The monoisotopic (exact) mass is 367 g/mol. The SMILES string of the molecule is CCCc1ccc(NCC(=O)Nc2ccccc2C(=O)NCC(C)C)cc1. The van der Waals surface area contributed by atoms with Crippen molar-refractivity contribution in [3.8, 4) is 0 Å². The first-order chi connectivity index (χ1) is 13.0. The van der Waals surface area contributed by atoms with Crippen molar-refractivity contribution in [3.63, 3.8) is 0 Å². The molecule has 0 unspecified atom stereocenters. The summed E-state index contributed by atoms with van der Waals surface area (Å²) in [7, 11) is 0. The first-order valence-corrected chi connectivity index (χ1v) is 9.49. The van der Waals surface area contributed by atoms with Gasteiger partial charge in [-0.3, -0.25) is 9.59 Å². The van der Waals surface area contributed by atoms with Crippen LogP contribution in [-0.2, 0) is 11.2 Å². The Morgan fingerprint density at radius 2 is 1.70 bits per heavy atom. The largest absolute Gasteiger partial charge is 0.376 e. The van der Waals surface area contributed by atoms with E-state index >= 15 is 0 Å². The number of carbonyl (C=O) groups excluding carboxylic acids is 2. The molecular formula is C22H29N3O2. The summed E-state index contributed by atoms with van der Waals surface area (Å²) in [5, 5.41) is 8.81. The Balaban J connectivity index is 1.92. The Hall–Kier alpha value is -2.82. The minimum absolute atomic E-state index is 0.134. The molecule has 0 heterocycles. The summed E-state index contributed by atoms with van der Waals surface area (Å²) in [4.78, 5) is 24.6. The summed E-state index contributed by atoms with van der Waals surface area (Å²) >= 11 is 0. The van der Waals surface area contributed by atoms with Crippen molar-refractivity contribution in [2.45, 2.75) is 33.6 Å².